The molecule has 5 rings (SSSR count). The van der Waals surface area contributed by atoms with Gasteiger partial charge >= 0.3 is 5.97 Å². The number of ether oxygens (including phenoxy) is 1. The molecule has 34 heavy (non-hydrogen) atoms. The van der Waals surface area contributed by atoms with E-state index in [9.17, 15) is 14.4 Å². The van der Waals surface area contributed by atoms with Crippen LogP contribution in [0.15, 0.2) is 48.5 Å². The molecule has 7 heteroatoms. The Hall–Kier alpha value is -2.86. The lowest BCUT2D eigenvalue weighted by Crippen LogP contribution is -2.52. The maximum Gasteiger partial charge on any atom is 0.306 e. The van der Waals surface area contributed by atoms with Crippen LogP contribution in [0.4, 0.5) is 5.69 Å². The molecule has 3 atom stereocenters. The second kappa shape index (κ2) is 9.41. The molecule has 1 heterocycles. The van der Waals surface area contributed by atoms with Gasteiger partial charge in [-0.3, -0.25) is 14.4 Å². The Kier molecular flexibility index (Phi) is 6.34. The third-order valence-electron chi connectivity index (χ3n) is 7.39. The van der Waals surface area contributed by atoms with E-state index in [1.54, 1.807) is 24.3 Å². The second-order valence-corrected chi connectivity index (χ2v) is 9.89. The van der Waals surface area contributed by atoms with Crippen LogP contribution in [0.25, 0.3) is 0 Å². The first-order chi connectivity index (χ1) is 16.5. The number of benzene rings is 2. The van der Waals surface area contributed by atoms with Gasteiger partial charge in [0.15, 0.2) is 0 Å². The minimum Gasteiger partial charge on any atom is -0.469 e. The highest BCUT2D eigenvalue weighted by atomic mass is 35.5. The van der Waals surface area contributed by atoms with E-state index in [0.717, 1.165) is 43.4 Å². The van der Waals surface area contributed by atoms with Gasteiger partial charge in [0.05, 0.1) is 19.6 Å². The lowest BCUT2D eigenvalue weighted by Gasteiger charge is -2.48. The van der Waals surface area contributed by atoms with E-state index >= 15 is 0 Å². The van der Waals surface area contributed by atoms with Crippen LogP contribution in [-0.2, 0) is 14.3 Å². The van der Waals surface area contributed by atoms with Crippen LogP contribution in [0.3, 0.4) is 0 Å². The Bertz CT molecular complexity index is 1100. The third-order valence-corrected chi connectivity index (χ3v) is 7.64. The summed E-state index contributed by atoms with van der Waals surface area (Å²) in [6.45, 7) is 0. The number of esters is 1. The van der Waals surface area contributed by atoms with E-state index in [1.807, 2.05) is 28.0 Å². The summed E-state index contributed by atoms with van der Waals surface area (Å²) in [7, 11) is 1.35. The number of nitrogens with zero attached hydrogens (tertiary/aromatic N) is 2. The van der Waals surface area contributed by atoms with Crippen molar-refractivity contribution >= 4 is 35.1 Å². The first-order valence-corrected chi connectivity index (χ1v) is 12.4. The standard InChI is InChI=1S/C27H29ClN2O4/c1-34-25(32)16-15-24(31)29(19-13-14-19)26-20-5-2-3-7-22(20)30(23-8-4-6-21(23)26)27(33)17-9-11-18(28)12-10-17/h2-3,5,7,9-12,19,21,23,26H,4,6,8,13-16H2,1H3. The number of para-hydroxylation sites is 1. The van der Waals surface area contributed by atoms with Crippen molar-refractivity contribution in [2.24, 2.45) is 5.92 Å². The highest BCUT2D eigenvalue weighted by Crippen LogP contribution is 2.52. The normalized spacial score (nSPS) is 23.1. The van der Waals surface area contributed by atoms with Crippen molar-refractivity contribution in [3.8, 4) is 0 Å². The molecule has 6 nitrogen and oxygen atoms in total. The molecular formula is C27H29ClN2O4. The van der Waals surface area contributed by atoms with E-state index in [2.05, 4.69) is 6.07 Å². The topological polar surface area (TPSA) is 66.9 Å². The van der Waals surface area contributed by atoms with Crippen molar-refractivity contribution in [3.63, 3.8) is 0 Å². The molecule has 2 aliphatic carbocycles. The van der Waals surface area contributed by atoms with Gasteiger partial charge in [-0.25, -0.2) is 0 Å². The van der Waals surface area contributed by atoms with Crippen LogP contribution >= 0.6 is 11.6 Å². The minimum absolute atomic E-state index is 0.00386. The van der Waals surface area contributed by atoms with Crippen molar-refractivity contribution in [3.05, 3.63) is 64.7 Å². The number of hydrogen-bond donors (Lipinski definition) is 0. The maximum atomic E-state index is 13.7. The lowest BCUT2D eigenvalue weighted by molar-refractivity contribution is -0.145. The molecule has 0 bridgehead atoms. The maximum absolute atomic E-state index is 13.7. The van der Waals surface area contributed by atoms with Crippen molar-refractivity contribution in [1.82, 2.24) is 4.90 Å². The average Bonchev–Trinajstić information content (AvgIpc) is 3.57. The first-order valence-electron chi connectivity index (χ1n) is 12.1. The number of rotatable bonds is 6. The van der Waals surface area contributed by atoms with Crippen molar-refractivity contribution in [2.75, 3.05) is 12.0 Å². The molecule has 0 N–H and O–H groups in total. The van der Waals surface area contributed by atoms with Crippen LogP contribution in [0.1, 0.15) is 66.9 Å². The number of hydrogen-bond acceptors (Lipinski definition) is 4. The molecule has 0 spiro atoms. The fraction of sp³-hybridized carbons (Fsp3) is 0.444. The highest BCUT2D eigenvalue weighted by Gasteiger charge is 2.51. The molecule has 2 aromatic rings. The van der Waals surface area contributed by atoms with Crippen LogP contribution in [0, 0.1) is 5.92 Å². The number of halogens is 1. The van der Waals surface area contributed by atoms with E-state index in [0.29, 0.717) is 10.6 Å². The highest BCUT2D eigenvalue weighted by molar-refractivity contribution is 6.30. The molecule has 2 saturated carbocycles. The molecular weight excluding hydrogens is 452 g/mol. The smallest absolute Gasteiger partial charge is 0.306 e. The molecule has 0 radical (unpaired) electrons. The Morgan fingerprint density at radius 3 is 2.44 bits per heavy atom. The Balaban J connectivity index is 1.53. The fourth-order valence-corrected chi connectivity index (χ4v) is 5.88. The summed E-state index contributed by atoms with van der Waals surface area (Å²) >= 11 is 6.05. The van der Waals surface area contributed by atoms with Crippen LogP contribution in [0.5, 0.6) is 0 Å². The van der Waals surface area contributed by atoms with Crippen molar-refractivity contribution in [1.29, 1.82) is 0 Å². The van der Waals surface area contributed by atoms with Crippen LogP contribution in [-0.4, -0.2) is 41.9 Å². The largest absolute Gasteiger partial charge is 0.469 e. The number of fused-ring (bicyclic) bond motifs is 2. The molecule has 3 aliphatic rings. The van der Waals surface area contributed by atoms with Gasteiger partial charge in [-0.1, -0.05) is 36.2 Å². The average molecular weight is 481 g/mol. The van der Waals surface area contributed by atoms with Crippen LogP contribution in [0.2, 0.25) is 5.02 Å². The molecule has 2 amide bonds. The predicted octanol–water partition coefficient (Wildman–Crippen LogP) is 5.15. The summed E-state index contributed by atoms with van der Waals surface area (Å²) in [5, 5.41) is 0.597. The van der Waals surface area contributed by atoms with Gasteiger partial charge in [0.25, 0.3) is 5.91 Å². The summed E-state index contributed by atoms with van der Waals surface area (Å²) in [6, 6.07) is 15.2. The SMILES string of the molecule is COC(=O)CCC(=O)N(C1CC1)C1c2ccccc2N(C(=O)c2ccc(Cl)cc2)C2CCCC21. The number of anilines is 1. The molecule has 0 saturated heterocycles. The van der Waals surface area contributed by atoms with Crippen molar-refractivity contribution in [2.45, 2.75) is 63.1 Å². The molecule has 178 valence electrons. The summed E-state index contributed by atoms with van der Waals surface area (Å²) in [5.74, 6) is -0.245. The van der Waals surface area contributed by atoms with Crippen LogP contribution < -0.4 is 4.90 Å². The fourth-order valence-electron chi connectivity index (χ4n) is 5.75. The van der Waals surface area contributed by atoms with E-state index < -0.39 is 0 Å². The van der Waals surface area contributed by atoms with E-state index in [4.69, 9.17) is 16.3 Å². The van der Waals surface area contributed by atoms with Gasteiger partial charge < -0.3 is 14.5 Å². The zero-order valence-electron chi connectivity index (χ0n) is 19.3. The summed E-state index contributed by atoms with van der Waals surface area (Å²) < 4.78 is 4.76. The molecule has 2 aromatic carbocycles. The van der Waals surface area contributed by atoms with Gasteiger partial charge in [0, 0.05) is 40.7 Å². The number of carbonyl (C=O) groups is 3. The minimum atomic E-state index is -0.369. The first kappa shape index (κ1) is 22.9. The zero-order chi connectivity index (χ0) is 23.8. The second-order valence-electron chi connectivity index (χ2n) is 9.46. The van der Waals surface area contributed by atoms with Gasteiger partial charge in [0.1, 0.15) is 0 Å². The summed E-state index contributed by atoms with van der Waals surface area (Å²) in [5.41, 5.74) is 2.50. The predicted molar refractivity (Wildman–Crippen MR) is 130 cm³/mol. The lowest BCUT2D eigenvalue weighted by atomic mass is 9.81. The number of carbonyl (C=O) groups excluding carboxylic acids is 3. The van der Waals surface area contributed by atoms with Gasteiger partial charge in [-0.15, -0.1) is 0 Å². The Labute approximate surface area is 204 Å². The quantitative estimate of drug-likeness (QED) is 0.536. The molecule has 2 fully saturated rings. The Morgan fingerprint density at radius 2 is 1.74 bits per heavy atom. The van der Waals surface area contributed by atoms with Gasteiger partial charge in [-0.05, 0) is 61.6 Å². The molecule has 0 aromatic heterocycles. The van der Waals surface area contributed by atoms with Gasteiger partial charge in [0.2, 0.25) is 5.91 Å². The molecule has 3 unspecified atom stereocenters. The third kappa shape index (κ3) is 4.20. The molecule has 1 aliphatic heterocycles. The monoisotopic (exact) mass is 480 g/mol. The summed E-state index contributed by atoms with van der Waals surface area (Å²) in [4.78, 5) is 42.9. The number of methoxy groups -OCH3 is 1. The van der Waals surface area contributed by atoms with E-state index in [1.165, 1.54) is 7.11 Å². The number of amides is 2. The van der Waals surface area contributed by atoms with Gasteiger partial charge in [-0.2, -0.15) is 0 Å². The summed E-state index contributed by atoms with van der Waals surface area (Å²) in [6.07, 6.45) is 5.07. The Morgan fingerprint density at radius 1 is 1.00 bits per heavy atom. The zero-order valence-corrected chi connectivity index (χ0v) is 20.0. The van der Waals surface area contributed by atoms with Crippen molar-refractivity contribution < 1.29 is 19.1 Å². The van der Waals surface area contributed by atoms with E-state index in [-0.39, 0.29) is 54.7 Å².